The number of dihydropyridines is 1. The van der Waals surface area contributed by atoms with Crippen LogP contribution in [0, 0.1) is 17.0 Å². The van der Waals surface area contributed by atoms with E-state index in [2.05, 4.69) is 10.6 Å². The van der Waals surface area contributed by atoms with Gasteiger partial charge in [0.2, 0.25) is 6.41 Å². The van der Waals surface area contributed by atoms with Crippen molar-refractivity contribution in [3.05, 3.63) is 101 Å². The fourth-order valence-electron chi connectivity index (χ4n) is 3.67. The summed E-state index contributed by atoms with van der Waals surface area (Å²) in [5.41, 5.74) is 0.105. The van der Waals surface area contributed by atoms with E-state index in [1.807, 2.05) is 13.8 Å². The number of nitrogens with one attached hydrogen (secondary N) is 3. The maximum Gasteiger partial charge on any atom is 0.271 e. The molecule has 3 N–H and O–H groups in total. The smallest absolute Gasteiger partial charge is 0.271 e. The molecule has 230 valence electrons. The van der Waals surface area contributed by atoms with Crippen molar-refractivity contribution >= 4 is 41.7 Å². The Balaban J connectivity index is 1.89. The molecular formula is C31H32F2N6O5. The minimum atomic E-state index is -0.990. The molecule has 2 aromatic carbocycles. The van der Waals surface area contributed by atoms with Crippen LogP contribution in [0.2, 0.25) is 0 Å². The third kappa shape index (κ3) is 8.03. The van der Waals surface area contributed by atoms with Gasteiger partial charge in [0.05, 0.1) is 17.0 Å². The summed E-state index contributed by atoms with van der Waals surface area (Å²) in [4.78, 5) is 54.6. The lowest BCUT2D eigenvalue weighted by Gasteiger charge is -2.23. The summed E-state index contributed by atoms with van der Waals surface area (Å²) in [7, 11) is 4.77. The number of hydrogen-bond acceptors (Lipinski definition) is 8. The van der Waals surface area contributed by atoms with Crippen molar-refractivity contribution in [2.45, 2.75) is 19.9 Å². The number of halogens is 2. The van der Waals surface area contributed by atoms with Gasteiger partial charge in [-0.15, -0.1) is 0 Å². The van der Waals surface area contributed by atoms with Gasteiger partial charge in [0.15, 0.2) is 17.3 Å². The van der Waals surface area contributed by atoms with E-state index >= 15 is 4.39 Å². The van der Waals surface area contributed by atoms with Crippen molar-refractivity contribution < 1.29 is 32.7 Å². The fraction of sp³-hybridized carbons (Fsp3) is 0.194. The highest BCUT2D eigenvalue weighted by Gasteiger charge is 2.27. The van der Waals surface area contributed by atoms with Gasteiger partial charge in [0.25, 0.3) is 17.7 Å². The number of nitrogens with zero attached hydrogens (tertiary/aromatic N) is 3. The van der Waals surface area contributed by atoms with Crippen molar-refractivity contribution in [1.29, 1.82) is 5.41 Å². The Bertz CT molecular complexity index is 1580. The summed E-state index contributed by atoms with van der Waals surface area (Å²) in [6.45, 7) is 3.63. The Kier molecular flexibility index (Phi) is 10.9. The summed E-state index contributed by atoms with van der Waals surface area (Å²) in [5.74, 6) is -3.90. The normalized spacial score (nSPS) is 13.7. The molecule has 0 saturated carbocycles. The molecule has 3 rings (SSSR count). The van der Waals surface area contributed by atoms with Gasteiger partial charge in [-0.25, -0.2) is 13.7 Å². The zero-order valence-electron chi connectivity index (χ0n) is 24.7. The number of benzene rings is 2. The van der Waals surface area contributed by atoms with Gasteiger partial charge >= 0.3 is 0 Å². The van der Waals surface area contributed by atoms with Crippen molar-refractivity contribution in [2.24, 2.45) is 0 Å². The average molecular weight is 607 g/mol. The second-order valence-corrected chi connectivity index (χ2v) is 9.96. The molecule has 0 atom stereocenters. The molecule has 0 aromatic heterocycles. The van der Waals surface area contributed by atoms with E-state index in [1.54, 1.807) is 26.0 Å². The largest absolute Gasteiger partial charge is 0.452 e. The molecule has 11 nitrogen and oxygen atoms in total. The van der Waals surface area contributed by atoms with E-state index in [0.29, 0.717) is 10.6 Å². The number of ether oxygens (including phenoxy) is 1. The highest BCUT2D eigenvalue weighted by Crippen LogP contribution is 2.27. The van der Waals surface area contributed by atoms with E-state index < -0.39 is 29.0 Å². The second kappa shape index (κ2) is 14.5. The molecule has 1 aliphatic heterocycles. The predicted molar refractivity (Wildman–Crippen MR) is 161 cm³/mol. The molecule has 0 spiro atoms. The van der Waals surface area contributed by atoms with Crippen LogP contribution in [0.5, 0.6) is 5.75 Å². The summed E-state index contributed by atoms with van der Waals surface area (Å²) < 4.78 is 34.4. The Morgan fingerprint density at radius 1 is 1.05 bits per heavy atom. The van der Waals surface area contributed by atoms with Crippen LogP contribution in [0.25, 0.3) is 0 Å². The van der Waals surface area contributed by atoms with Crippen LogP contribution in [0.4, 0.5) is 20.2 Å². The van der Waals surface area contributed by atoms with Gasteiger partial charge in [0, 0.05) is 57.6 Å². The molecule has 1 heterocycles. The number of anilines is 2. The van der Waals surface area contributed by atoms with E-state index in [1.165, 1.54) is 53.7 Å². The first-order chi connectivity index (χ1) is 20.9. The van der Waals surface area contributed by atoms with Crippen molar-refractivity contribution in [3.63, 3.8) is 0 Å². The van der Waals surface area contributed by atoms with E-state index in [0.717, 1.165) is 24.4 Å². The number of rotatable bonds is 11. The quantitative estimate of drug-likeness (QED) is 0.117. The monoisotopic (exact) mass is 606 g/mol. The molecule has 0 radical (unpaired) electrons. The van der Waals surface area contributed by atoms with Crippen LogP contribution in [0.3, 0.4) is 0 Å². The van der Waals surface area contributed by atoms with Crippen LogP contribution in [-0.4, -0.2) is 67.3 Å². The fourth-order valence-corrected chi connectivity index (χ4v) is 3.67. The number of imide groups is 1. The number of hydrogen-bond donors (Lipinski definition) is 3. The third-order valence-corrected chi connectivity index (χ3v) is 6.30. The Labute approximate surface area is 253 Å². The van der Waals surface area contributed by atoms with Crippen LogP contribution in [-0.2, 0) is 19.2 Å². The zero-order chi connectivity index (χ0) is 32.6. The van der Waals surface area contributed by atoms with Crippen LogP contribution in [0.1, 0.15) is 13.8 Å². The molecular weight excluding hydrogens is 574 g/mol. The molecule has 44 heavy (non-hydrogen) atoms. The number of carbonyl (C=O) groups is 4. The zero-order valence-corrected chi connectivity index (χ0v) is 24.7. The average Bonchev–Trinajstić information content (AvgIpc) is 2.98. The summed E-state index contributed by atoms with van der Waals surface area (Å²) >= 11 is 0. The maximum absolute atomic E-state index is 15.2. The lowest BCUT2D eigenvalue weighted by Crippen LogP contribution is -2.36. The minimum Gasteiger partial charge on any atom is -0.452 e. The molecule has 0 fully saturated rings. The van der Waals surface area contributed by atoms with Gasteiger partial charge in [-0.1, -0.05) is 0 Å². The Morgan fingerprint density at radius 2 is 1.73 bits per heavy atom. The van der Waals surface area contributed by atoms with E-state index in [-0.39, 0.29) is 46.8 Å². The highest BCUT2D eigenvalue weighted by atomic mass is 19.1. The van der Waals surface area contributed by atoms with Crippen LogP contribution < -0.4 is 20.3 Å². The number of allylic oxidation sites excluding steroid dienone is 1. The molecule has 13 heteroatoms. The minimum absolute atomic E-state index is 0.0282. The van der Waals surface area contributed by atoms with Crippen LogP contribution >= 0.6 is 0 Å². The Hall–Kier alpha value is -5.59. The molecule has 1 aliphatic rings. The summed E-state index contributed by atoms with van der Waals surface area (Å²) in [6, 6.07) is 7.97. The number of amides is 4. The second-order valence-electron chi connectivity index (χ2n) is 9.96. The van der Waals surface area contributed by atoms with Crippen molar-refractivity contribution in [1.82, 2.24) is 15.1 Å². The van der Waals surface area contributed by atoms with Gasteiger partial charge in [-0.3, -0.25) is 19.2 Å². The molecule has 0 unspecified atom stereocenters. The Morgan fingerprint density at radius 3 is 2.30 bits per heavy atom. The van der Waals surface area contributed by atoms with Crippen molar-refractivity contribution in [3.8, 4) is 5.75 Å². The molecule has 0 bridgehead atoms. The van der Waals surface area contributed by atoms with Crippen molar-refractivity contribution in [2.75, 3.05) is 31.4 Å². The lowest BCUT2D eigenvalue weighted by molar-refractivity contribution is -0.124. The summed E-state index contributed by atoms with van der Waals surface area (Å²) in [6.07, 6.45) is 6.66. The number of carbonyl (C=O) groups excluding carboxylic acids is 4. The van der Waals surface area contributed by atoms with Gasteiger partial charge in [-0.05, 0) is 62.4 Å². The first-order valence-electron chi connectivity index (χ1n) is 13.2. The third-order valence-electron chi connectivity index (χ3n) is 6.30. The molecule has 4 amide bonds. The SMILES string of the molecule is CC(C)N(C)/C=C(/C(=O)Nc1ccc(OC2=CC(C(=O)N(C)C)=CN/C2=C\C=N)c(F)c1)C(=O)N(C=O)c1ccc(F)cc1. The maximum atomic E-state index is 15.2. The standard InChI is InChI=1S/C31H32F2N6O5/c1-19(2)38(5)17-24(31(43)39(18-40)23-9-6-21(32)7-10-23)29(41)36-22-8-11-27(25(33)15-22)44-28-14-20(30(42)37(3)4)16-35-26(28)12-13-34/h6-19,34-35H,1-5H3,(H,36,41)/b24-17-,26-12-,34-13?. The predicted octanol–water partition coefficient (Wildman–Crippen LogP) is 3.69. The first-order valence-corrected chi connectivity index (χ1v) is 13.2. The first kappa shape index (κ1) is 32.9. The lowest BCUT2D eigenvalue weighted by atomic mass is 10.1. The molecule has 2 aromatic rings. The van der Waals surface area contributed by atoms with Gasteiger partial charge in [-0.2, -0.15) is 0 Å². The van der Waals surface area contributed by atoms with Gasteiger partial charge < -0.3 is 30.6 Å². The van der Waals surface area contributed by atoms with E-state index in [9.17, 15) is 23.6 Å². The highest BCUT2D eigenvalue weighted by molar-refractivity contribution is 6.30. The molecule has 0 aliphatic carbocycles. The van der Waals surface area contributed by atoms with Crippen LogP contribution in [0.15, 0.2) is 89.6 Å². The summed E-state index contributed by atoms with van der Waals surface area (Å²) in [5, 5.41) is 12.7. The topological polar surface area (TPSA) is 135 Å². The van der Waals surface area contributed by atoms with Gasteiger partial charge in [0.1, 0.15) is 11.4 Å². The number of likely N-dealkylation sites (N-methyl/N-ethyl adjacent to an activating group) is 1. The molecule has 0 saturated heterocycles. The van der Waals surface area contributed by atoms with E-state index in [4.69, 9.17) is 10.1 Å².